The van der Waals surface area contributed by atoms with Crippen LogP contribution < -0.4 is 10.3 Å². The molecule has 0 saturated heterocycles. The highest BCUT2D eigenvalue weighted by atomic mass is 79.9. The fraction of sp³-hybridized carbons (Fsp3) is 0.261. The highest BCUT2D eigenvalue weighted by Gasteiger charge is 2.64. The number of hydrogen-bond acceptors (Lipinski definition) is 4. The summed E-state index contributed by atoms with van der Waals surface area (Å²) in [5.74, 6) is -0.767. The lowest BCUT2D eigenvalue weighted by atomic mass is 9.84. The van der Waals surface area contributed by atoms with Crippen molar-refractivity contribution in [3.63, 3.8) is 0 Å². The van der Waals surface area contributed by atoms with Crippen LogP contribution in [0.5, 0.6) is 0 Å². The summed E-state index contributed by atoms with van der Waals surface area (Å²) in [4.78, 5) is 44.1. The maximum atomic E-state index is 13.8. The molecular weight excluding hydrogens is 448 g/mol. The standard InChI is InChI=1S/C23H19BrN2O4/c1-3-4-11-26-21(28)20-18(19(27)14-12-13(24)9-10-17(14)30-20)23(26)15-7-5-6-8-16(15)25(2)22(23)29/h5-10,12H,3-4,11H2,1-2H3. The number of fused-ring (bicyclic) bond motifs is 5. The van der Waals surface area contributed by atoms with Crippen molar-refractivity contribution in [1.82, 2.24) is 4.90 Å². The van der Waals surface area contributed by atoms with Gasteiger partial charge in [-0.15, -0.1) is 0 Å². The van der Waals surface area contributed by atoms with E-state index in [0.29, 0.717) is 35.2 Å². The monoisotopic (exact) mass is 466 g/mol. The Morgan fingerprint density at radius 2 is 1.87 bits per heavy atom. The molecular formula is C23H19BrN2O4. The van der Waals surface area contributed by atoms with Gasteiger partial charge in [-0.3, -0.25) is 14.4 Å². The number of hydrogen-bond donors (Lipinski definition) is 0. The van der Waals surface area contributed by atoms with E-state index in [0.717, 1.165) is 10.9 Å². The number of likely N-dealkylation sites (N-methyl/N-ethyl adjacent to an activating group) is 1. The molecule has 1 spiro atoms. The lowest BCUT2D eigenvalue weighted by Gasteiger charge is -2.33. The molecule has 2 aliphatic heterocycles. The summed E-state index contributed by atoms with van der Waals surface area (Å²) in [7, 11) is 1.68. The average Bonchev–Trinajstić information content (AvgIpc) is 3.12. The summed E-state index contributed by atoms with van der Waals surface area (Å²) < 4.78 is 6.69. The molecule has 3 aromatic rings. The van der Waals surface area contributed by atoms with E-state index in [1.807, 2.05) is 31.2 Å². The largest absolute Gasteiger partial charge is 0.450 e. The first-order valence-electron chi connectivity index (χ1n) is 9.89. The molecule has 5 rings (SSSR count). The number of halogens is 1. The van der Waals surface area contributed by atoms with Crippen molar-refractivity contribution in [3.8, 4) is 0 Å². The van der Waals surface area contributed by atoms with E-state index >= 15 is 0 Å². The molecule has 0 N–H and O–H groups in total. The molecule has 2 amide bonds. The number of unbranched alkanes of at least 4 members (excludes halogenated alkanes) is 1. The lowest BCUT2D eigenvalue weighted by molar-refractivity contribution is -0.125. The zero-order valence-corrected chi connectivity index (χ0v) is 18.2. The summed E-state index contributed by atoms with van der Waals surface area (Å²) in [6.07, 6.45) is 1.55. The van der Waals surface area contributed by atoms with Crippen molar-refractivity contribution in [2.45, 2.75) is 25.3 Å². The van der Waals surface area contributed by atoms with Crippen molar-refractivity contribution >= 4 is 44.4 Å². The zero-order chi connectivity index (χ0) is 21.2. The zero-order valence-electron chi connectivity index (χ0n) is 16.6. The third-order valence-electron chi connectivity index (χ3n) is 6.06. The number of rotatable bonds is 3. The van der Waals surface area contributed by atoms with Crippen LogP contribution in [0, 0.1) is 0 Å². The van der Waals surface area contributed by atoms with Gasteiger partial charge in [-0.25, -0.2) is 0 Å². The molecule has 0 bridgehead atoms. The minimum Gasteiger partial charge on any atom is -0.450 e. The molecule has 2 aromatic carbocycles. The van der Waals surface area contributed by atoms with Crippen molar-refractivity contribution in [1.29, 1.82) is 0 Å². The Morgan fingerprint density at radius 1 is 1.10 bits per heavy atom. The quantitative estimate of drug-likeness (QED) is 0.583. The van der Waals surface area contributed by atoms with Crippen LogP contribution in [0.15, 0.2) is 56.1 Å². The first-order valence-corrected chi connectivity index (χ1v) is 10.7. The first kappa shape index (κ1) is 19.1. The normalized spacial score (nSPS) is 19.8. The highest BCUT2D eigenvalue weighted by molar-refractivity contribution is 9.10. The average molecular weight is 467 g/mol. The van der Waals surface area contributed by atoms with Crippen LogP contribution in [0.4, 0.5) is 5.69 Å². The lowest BCUT2D eigenvalue weighted by Crippen LogP contribution is -2.53. The molecule has 0 fully saturated rings. The van der Waals surface area contributed by atoms with Crippen LogP contribution >= 0.6 is 15.9 Å². The Kier molecular flexibility index (Phi) is 4.15. The molecule has 152 valence electrons. The Morgan fingerprint density at radius 3 is 2.63 bits per heavy atom. The fourth-order valence-corrected chi connectivity index (χ4v) is 5.04. The molecule has 30 heavy (non-hydrogen) atoms. The van der Waals surface area contributed by atoms with E-state index in [1.165, 1.54) is 9.80 Å². The maximum absolute atomic E-state index is 13.8. The topological polar surface area (TPSA) is 70.8 Å². The van der Waals surface area contributed by atoms with Crippen molar-refractivity contribution in [2.24, 2.45) is 0 Å². The SMILES string of the molecule is CCCCN1C(=O)c2oc3ccc(Br)cc3c(=O)c2C12C(=O)N(C)c1ccccc12. The molecule has 7 heteroatoms. The van der Waals surface area contributed by atoms with E-state index in [1.54, 1.807) is 25.2 Å². The van der Waals surface area contributed by atoms with Gasteiger partial charge in [0.2, 0.25) is 5.76 Å². The fourth-order valence-electron chi connectivity index (χ4n) is 4.68. The van der Waals surface area contributed by atoms with Gasteiger partial charge in [-0.05, 0) is 30.7 Å². The summed E-state index contributed by atoms with van der Waals surface area (Å²) in [5, 5.41) is 0.340. The first-order chi connectivity index (χ1) is 14.4. The van der Waals surface area contributed by atoms with Crippen LogP contribution in [-0.4, -0.2) is 30.3 Å². The van der Waals surface area contributed by atoms with E-state index in [4.69, 9.17) is 4.42 Å². The summed E-state index contributed by atoms with van der Waals surface area (Å²) in [5.41, 5.74) is -0.0609. The van der Waals surface area contributed by atoms with Gasteiger partial charge in [0.25, 0.3) is 11.8 Å². The van der Waals surface area contributed by atoms with E-state index in [9.17, 15) is 14.4 Å². The third-order valence-corrected chi connectivity index (χ3v) is 6.56. The summed E-state index contributed by atoms with van der Waals surface area (Å²) in [6.45, 7) is 2.37. The van der Waals surface area contributed by atoms with Crippen LogP contribution in [0.2, 0.25) is 0 Å². The Hall–Kier alpha value is -2.93. The number of carbonyl (C=O) groups excluding carboxylic acids is 2. The predicted molar refractivity (Wildman–Crippen MR) is 117 cm³/mol. The van der Waals surface area contributed by atoms with E-state index in [-0.39, 0.29) is 22.7 Å². The highest BCUT2D eigenvalue weighted by Crippen LogP contribution is 2.52. The molecule has 2 aliphatic rings. The predicted octanol–water partition coefficient (Wildman–Crippen LogP) is 4.03. The van der Waals surface area contributed by atoms with Crippen molar-refractivity contribution in [3.05, 3.63) is 74.0 Å². The second-order valence-corrected chi connectivity index (χ2v) is 8.59. The second-order valence-electron chi connectivity index (χ2n) is 7.68. The smallest absolute Gasteiger partial charge is 0.291 e. The van der Waals surface area contributed by atoms with Gasteiger partial charge in [0.05, 0.1) is 10.9 Å². The van der Waals surface area contributed by atoms with Crippen molar-refractivity contribution < 1.29 is 14.0 Å². The van der Waals surface area contributed by atoms with Gasteiger partial charge in [0, 0.05) is 29.3 Å². The number of nitrogens with zero attached hydrogens (tertiary/aromatic N) is 2. The van der Waals surface area contributed by atoms with Crippen LogP contribution in [0.25, 0.3) is 11.0 Å². The van der Waals surface area contributed by atoms with Crippen LogP contribution in [0.1, 0.15) is 41.4 Å². The molecule has 0 radical (unpaired) electrons. The van der Waals surface area contributed by atoms with E-state index in [2.05, 4.69) is 15.9 Å². The molecule has 0 aliphatic carbocycles. The third kappa shape index (κ3) is 2.21. The molecule has 6 nitrogen and oxygen atoms in total. The number of amides is 2. The number of carbonyl (C=O) groups is 2. The molecule has 3 heterocycles. The molecule has 1 unspecified atom stereocenters. The van der Waals surface area contributed by atoms with Gasteiger partial charge >= 0.3 is 0 Å². The van der Waals surface area contributed by atoms with Gasteiger partial charge in [-0.2, -0.15) is 0 Å². The minimum atomic E-state index is -1.50. The summed E-state index contributed by atoms with van der Waals surface area (Å²) in [6, 6.07) is 12.4. The van der Waals surface area contributed by atoms with Gasteiger partial charge in [-0.1, -0.05) is 47.5 Å². The minimum absolute atomic E-state index is 0.0376. The van der Waals surface area contributed by atoms with Crippen LogP contribution in [0.3, 0.4) is 0 Å². The van der Waals surface area contributed by atoms with Gasteiger partial charge in [0.1, 0.15) is 5.58 Å². The maximum Gasteiger partial charge on any atom is 0.291 e. The van der Waals surface area contributed by atoms with Gasteiger partial charge in [0.15, 0.2) is 11.0 Å². The number of anilines is 1. The summed E-state index contributed by atoms with van der Waals surface area (Å²) >= 11 is 3.39. The number of benzene rings is 2. The molecule has 1 aromatic heterocycles. The van der Waals surface area contributed by atoms with Crippen molar-refractivity contribution in [2.75, 3.05) is 18.5 Å². The molecule has 0 saturated carbocycles. The van der Waals surface area contributed by atoms with Crippen LogP contribution in [-0.2, 0) is 10.3 Å². The Labute approximate surface area is 181 Å². The second kappa shape index (κ2) is 6.54. The number of para-hydroxylation sites is 1. The Bertz CT molecular complexity index is 1300. The van der Waals surface area contributed by atoms with Gasteiger partial charge < -0.3 is 14.2 Å². The Balaban J connectivity index is 1.93. The van der Waals surface area contributed by atoms with E-state index < -0.39 is 11.4 Å². The molecule has 1 atom stereocenters.